The van der Waals surface area contributed by atoms with Crippen LogP contribution >= 0.6 is 24.0 Å². The first kappa shape index (κ1) is 26.4. The lowest BCUT2D eigenvalue weighted by Crippen LogP contribution is -2.52. The van der Waals surface area contributed by atoms with Crippen LogP contribution in [-0.4, -0.2) is 60.7 Å². The number of alkyl halides is 3. The quantitative estimate of drug-likeness (QED) is 0.331. The van der Waals surface area contributed by atoms with Crippen LogP contribution in [0.15, 0.2) is 33.8 Å². The van der Waals surface area contributed by atoms with E-state index in [2.05, 4.69) is 32.2 Å². The van der Waals surface area contributed by atoms with E-state index in [9.17, 15) is 13.2 Å². The van der Waals surface area contributed by atoms with E-state index in [0.29, 0.717) is 18.7 Å². The largest absolute Gasteiger partial charge is 0.416 e. The Balaban J connectivity index is 0.00000363. The molecule has 1 saturated heterocycles. The predicted octanol–water partition coefficient (Wildman–Crippen LogP) is 4.42. The molecule has 2 aromatic rings. The van der Waals surface area contributed by atoms with E-state index in [1.165, 1.54) is 12.1 Å². The number of aryl methyl sites for hydroxylation is 2. The standard InChI is InChI=1S/C22H30F3N5O.HI/c1-15(20-16(2)28-31-17(20)3)13-27-21(26-4)30-10-8-29(9-11-30)14-18-6-5-7-19(12-18)22(23,24)25;/h5-7,12,15H,8-11,13-14H2,1-4H3,(H,26,27);1H. The summed E-state index contributed by atoms with van der Waals surface area (Å²) in [5.41, 5.74) is 2.11. The number of halogens is 4. The summed E-state index contributed by atoms with van der Waals surface area (Å²) in [5.74, 6) is 1.90. The van der Waals surface area contributed by atoms with Gasteiger partial charge in [-0.1, -0.05) is 30.3 Å². The van der Waals surface area contributed by atoms with Gasteiger partial charge in [0.05, 0.1) is 11.3 Å². The zero-order valence-corrected chi connectivity index (χ0v) is 21.2. The second kappa shape index (κ2) is 11.4. The average Bonchev–Trinajstić information content (AvgIpc) is 3.07. The minimum atomic E-state index is -4.31. The summed E-state index contributed by atoms with van der Waals surface area (Å²) >= 11 is 0. The van der Waals surface area contributed by atoms with E-state index in [0.717, 1.165) is 55.2 Å². The highest BCUT2D eigenvalue weighted by Crippen LogP contribution is 2.30. The first-order valence-corrected chi connectivity index (χ1v) is 10.5. The summed E-state index contributed by atoms with van der Waals surface area (Å²) in [7, 11) is 1.76. The van der Waals surface area contributed by atoms with Crippen LogP contribution in [0.1, 0.15) is 41.0 Å². The highest BCUT2D eigenvalue weighted by atomic mass is 127. The van der Waals surface area contributed by atoms with E-state index in [1.54, 1.807) is 13.1 Å². The lowest BCUT2D eigenvalue weighted by atomic mass is 10.00. The first-order chi connectivity index (χ1) is 14.7. The monoisotopic (exact) mass is 565 g/mol. The lowest BCUT2D eigenvalue weighted by molar-refractivity contribution is -0.137. The van der Waals surface area contributed by atoms with Gasteiger partial charge in [-0.25, -0.2) is 0 Å². The minimum absolute atomic E-state index is 0. The molecule has 1 unspecified atom stereocenters. The number of hydrogen-bond acceptors (Lipinski definition) is 4. The van der Waals surface area contributed by atoms with E-state index >= 15 is 0 Å². The van der Waals surface area contributed by atoms with Crippen LogP contribution in [0.2, 0.25) is 0 Å². The normalized spacial score (nSPS) is 16.6. The van der Waals surface area contributed by atoms with Gasteiger partial charge in [0.15, 0.2) is 5.96 Å². The summed E-state index contributed by atoms with van der Waals surface area (Å²) in [6, 6.07) is 5.57. The number of nitrogens with one attached hydrogen (secondary N) is 1. The molecular formula is C22H31F3IN5O. The van der Waals surface area contributed by atoms with Gasteiger partial charge in [-0.2, -0.15) is 13.2 Å². The van der Waals surface area contributed by atoms with Crippen LogP contribution in [0, 0.1) is 13.8 Å². The van der Waals surface area contributed by atoms with E-state index < -0.39 is 11.7 Å². The maximum absolute atomic E-state index is 12.9. The van der Waals surface area contributed by atoms with Gasteiger partial charge in [0.2, 0.25) is 0 Å². The van der Waals surface area contributed by atoms with Crippen molar-refractivity contribution >= 4 is 29.9 Å². The number of nitrogens with zero attached hydrogens (tertiary/aromatic N) is 4. The molecule has 0 amide bonds. The fourth-order valence-corrected chi connectivity index (χ4v) is 4.09. The van der Waals surface area contributed by atoms with Crippen molar-refractivity contribution in [2.75, 3.05) is 39.8 Å². The Morgan fingerprint density at radius 2 is 1.91 bits per heavy atom. The number of aliphatic imine (C=N–C) groups is 1. The zero-order chi connectivity index (χ0) is 22.6. The third-order valence-electron chi connectivity index (χ3n) is 5.69. The maximum Gasteiger partial charge on any atom is 0.416 e. The zero-order valence-electron chi connectivity index (χ0n) is 18.9. The summed E-state index contributed by atoms with van der Waals surface area (Å²) < 4.78 is 44.1. The Morgan fingerprint density at radius 3 is 2.47 bits per heavy atom. The molecule has 1 aromatic heterocycles. The SMILES string of the molecule is CN=C(NCC(C)c1c(C)noc1C)N1CCN(Cc2cccc(C(F)(F)F)c2)CC1.I. The van der Waals surface area contributed by atoms with Crippen molar-refractivity contribution in [1.29, 1.82) is 0 Å². The van der Waals surface area contributed by atoms with Crippen molar-refractivity contribution < 1.29 is 17.7 Å². The molecule has 1 fully saturated rings. The van der Waals surface area contributed by atoms with Crippen molar-refractivity contribution in [2.45, 2.75) is 39.4 Å². The molecule has 6 nitrogen and oxygen atoms in total. The molecule has 0 spiro atoms. The average molecular weight is 565 g/mol. The number of guanidine groups is 1. The molecule has 0 radical (unpaired) electrons. The molecule has 10 heteroatoms. The number of benzene rings is 1. The van der Waals surface area contributed by atoms with Crippen molar-refractivity contribution in [3.8, 4) is 0 Å². The molecule has 1 N–H and O–H groups in total. The van der Waals surface area contributed by atoms with Crippen molar-refractivity contribution in [1.82, 2.24) is 20.3 Å². The Bertz CT molecular complexity index is 888. The van der Waals surface area contributed by atoms with Crippen LogP contribution < -0.4 is 5.32 Å². The molecule has 2 heterocycles. The van der Waals surface area contributed by atoms with Gasteiger partial charge in [0.25, 0.3) is 0 Å². The molecule has 0 aliphatic carbocycles. The summed E-state index contributed by atoms with van der Waals surface area (Å²) in [5, 5.41) is 7.46. The summed E-state index contributed by atoms with van der Waals surface area (Å²) in [6.07, 6.45) is -4.31. The van der Waals surface area contributed by atoms with E-state index in [4.69, 9.17) is 4.52 Å². The second-order valence-corrected chi connectivity index (χ2v) is 8.03. The highest BCUT2D eigenvalue weighted by molar-refractivity contribution is 14.0. The van der Waals surface area contributed by atoms with Crippen LogP contribution in [0.3, 0.4) is 0 Å². The van der Waals surface area contributed by atoms with E-state index in [1.807, 2.05) is 13.8 Å². The molecule has 1 atom stereocenters. The molecule has 178 valence electrons. The fraction of sp³-hybridized carbons (Fsp3) is 0.545. The highest BCUT2D eigenvalue weighted by Gasteiger charge is 2.30. The first-order valence-electron chi connectivity index (χ1n) is 10.5. The van der Waals surface area contributed by atoms with Gasteiger partial charge in [-0.3, -0.25) is 9.89 Å². The van der Waals surface area contributed by atoms with Gasteiger partial charge >= 0.3 is 6.18 Å². The number of piperazine rings is 1. The Kier molecular flexibility index (Phi) is 9.38. The van der Waals surface area contributed by atoms with E-state index in [-0.39, 0.29) is 29.9 Å². The van der Waals surface area contributed by atoms with Crippen molar-refractivity contribution in [2.24, 2.45) is 4.99 Å². The topological polar surface area (TPSA) is 56.9 Å². The molecule has 1 aliphatic rings. The molecule has 3 rings (SSSR count). The maximum atomic E-state index is 12.9. The van der Waals surface area contributed by atoms with Gasteiger partial charge in [0, 0.05) is 57.8 Å². The third kappa shape index (κ3) is 6.60. The smallest absolute Gasteiger partial charge is 0.361 e. The molecule has 32 heavy (non-hydrogen) atoms. The Hall–Kier alpha value is -1.82. The molecule has 0 bridgehead atoms. The minimum Gasteiger partial charge on any atom is -0.361 e. The molecule has 1 aromatic carbocycles. The second-order valence-electron chi connectivity index (χ2n) is 8.03. The Morgan fingerprint density at radius 1 is 1.22 bits per heavy atom. The van der Waals surface area contributed by atoms with Crippen LogP contribution in [0.4, 0.5) is 13.2 Å². The van der Waals surface area contributed by atoms with Gasteiger partial charge in [-0.05, 0) is 25.5 Å². The predicted molar refractivity (Wildman–Crippen MR) is 129 cm³/mol. The van der Waals surface area contributed by atoms with Gasteiger partial charge < -0.3 is 14.7 Å². The van der Waals surface area contributed by atoms with Gasteiger partial charge in [0.1, 0.15) is 5.76 Å². The summed E-state index contributed by atoms with van der Waals surface area (Å²) in [4.78, 5) is 8.76. The number of aromatic nitrogens is 1. The Labute approximate surface area is 204 Å². The lowest BCUT2D eigenvalue weighted by Gasteiger charge is -2.36. The molecule has 1 aliphatic heterocycles. The van der Waals surface area contributed by atoms with Crippen LogP contribution in [0.5, 0.6) is 0 Å². The van der Waals surface area contributed by atoms with Crippen molar-refractivity contribution in [3.63, 3.8) is 0 Å². The van der Waals surface area contributed by atoms with Crippen LogP contribution in [-0.2, 0) is 12.7 Å². The van der Waals surface area contributed by atoms with Crippen LogP contribution in [0.25, 0.3) is 0 Å². The third-order valence-corrected chi connectivity index (χ3v) is 5.69. The van der Waals surface area contributed by atoms with Gasteiger partial charge in [-0.15, -0.1) is 24.0 Å². The number of hydrogen-bond donors (Lipinski definition) is 1. The number of rotatable bonds is 5. The summed E-state index contributed by atoms with van der Waals surface area (Å²) in [6.45, 7) is 10.3. The molecular weight excluding hydrogens is 534 g/mol. The fourth-order valence-electron chi connectivity index (χ4n) is 4.09. The van der Waals surface area contributed by atoms with Crippen molar-refractivity contribution in [3.05, 3.63) is 52.4 Å². The molecule has 0 saturated carbocycles.